The number of nitrogens with zero attached hydrogens (tertiary/aromatic N) is 1. The Labute approximate surface area is 127 Å². The summed E-state index contributed by atoms with van der Waals surface area (Å²) in [6, 6.07) is 5.87. The van der Waals surface area contributed by atoms with E-state index in [4.69, 9.17) is 18.0 Å². The van der Waals surface area contributed by atoms with Gasteiger partial charge in [0.25, 0.3) is 0 Å². The highest BCUT2D eigenvalue weighted by molar-refractivity contribution is 9.10. The van der Waals surface area contributed by atoms with Crippen molar-refractivity contribution in [3.8, 4) is 0 Å². The molecule has 0 amide bonds. The quantitative estimate of drug-likeness (QED) is 0.826. The largest absolute Gasteiger partial charge is 0.389 e. The standard InChI is InChI=1S/C14H19BrN2OS/c1-17(9-14(18)6-2-3-7-14)12-5-4-10(15)8-11(12)13(16)19/h4-5,8,18H,2-3,6-7,9H2,1H3,(H2,16,19). The molecular formula is C14H19BrN2OS. The van der Waals surface area contributed by atoms with Crippen molar-refractivity contribution in [2.24, 2.45) is 5.73 Å². The highest BCUT2D eigenvalue weighted by Gasteiger charge is 2.32. The highest BCUT2D eigenvalue weighted by Crippen LogP contribution is 2.32. The van der Waals surface area contributed by atoms with E-state index in [1.165, 1.54) is 0 Å². The molecular weight excluding hydrogens is 324 g/mol. The van der Waals surface area contributed by atoms with Crippen LogP contribution in [0.4, 0.5) is 5.69 Å². The van der Waals surface area contributed by atoms with Gasteiger partial charge in [0, 0.05) is 29.3 Å². The molecule has 0 heterocycles. The number of thiocarbonyl (C=S) groups is 1. The monoisotopic (exact) mass is 342 g/mol. The topological polar surface area (TPSA) is 49.5 Å². The summed E-state index contributed by atoms with van der Waals surface area (Å²) in [7, 11) is 1.97. The summed E-state index contributed by atoms with van der Waals surface area (Å²) in [6.07, 6.45) is 3.95. The van der Waals surface area contributed by atoms with Crippen LogP contribution in [0.3, 0.4) is 0 Å². The molecule has 1 aliphatic rings. The first-order valence-electron chi connectivity index (χ1n) is 6.44. The van der Waals surface area contributed by atoms with Gasteiger partial charge in [-0.15, -0.1) is 0 Å². The summed E-state index contributed by atoms with van der Waals surface area (Å²) in [4.78, 5) is 2.42. The lowest BCUT2D eigenvalue weighted by Crippen LogP contribution is -2.39. The van der Waals surface area contributed by atoms with E-state index in [1.807, 2.05) is 30.1 Å². The van der Waals surface area contributed by atoms with E-state index < -0.39 is 5.60 Å². The van der Waals surface area contributed by atoms with Crippen LogP contribution in [0.2, 0.25) is 0 Å². The van der Waals surface area contributed by atoms with Gasteiger partial charge in [0.2, 0.25) is 0 Å². The van der Waals surface area contributed by atoms with Gasteiger partial charge in [0.15, 0.2) is 0 Å². The molecule has 3 N–H and O–H groups in total. The molecule has 0 radical (unpaired) electrons. The molecule has 0 aromatic heterocycles. The van der Waals surface area contributed by atoms with Crippen LogP contribution >= 0.6 is 28.1 Å². The van der Waals surface area contributed by atoms with Crippen LogP contribution < -0.4 is 10.6 Å². The first-order valence-corrected chi connectivity index (χ1v) is 7.64. The van der Waals surface area contributed by atoms with Crippen LogP contribution in [-0.4, -0.2) is 29.3 Å². The van der Waals surface area contributed by atoms with E-state index in [2.05, 4.69) is 15.9 Å². The molecule has 3 nitrogen and oxygen atoms in total. The minimum Gasteiger partial charge on any atom is -0.389 e. The van der Waals surface area contributed by atoms with E-state index in [-0.39, 0.29) is 0 Å². The third-order valence-corrected chi connectivity index (χ3v) is 4.41. The molecule has 0 bridgehead atoms. The number of aliphatic hydroxyl groups is 1. The van der Waals surface area contributed by atoms with Crippen molar-refractivity contribution in [2.75, 3.05) is 18.5 Å². The number of hydrogen-bond donors (Lipinski definition) is 2. The second kappa shape index (κ2) is 5.77. The smallest absolute Gasteiger partial charge is 0.106 e. The lowest BCUT2D eigenvalue weighted by atomic mass is 10.0. The molecule has 0 saturated heterocycles. The van der Waals surface area contributed by atoms with Crippen molar-refractivity contribution in [3.05, 3.63) is 28.2 Å². The zero-order chi connectivity index (χ0) is 14.0. The van der Waals surface area contributed by atoms with Crippen molar-refractivity contribution in [2.45, 2.75) is 31.3 Å². The Balaban J connectivity index is 2.23. The number of halogens is 1. The molecule has 19 heavy (non-hydrogen) atoms. The number of anilines is 1. The fourth-order valence-corrected chi connectivity index (χ4v) is 3.28. The Hall–Kier alpha value is -0.650. The van der Waals surface area contributed by atoms with Crippen LogP contribution in [0.5, 0.6) is 0 Å². The first kappa shape index (κ1) is 14.8. The number of rotatable bonds is 4. The van der Waals surface area contributed by atoms with Crippen molar-refractivity contribution in [1.82, 2.24) is 0 Å². The molecule has 0 aliphatic heterocycles. The third-order valence-electron chi connectivity index (χ3n) is 3.70. The van der Waals surface area contributed by atoms with Crippen molar-refractivity contribution in [1.29, 1.82) is 0 Å². The first-order chi connectivity index (χ1) is 8.91. The van der Waals surface area contributed by atoms with Gasteiger partial charge in [-0.1, -0.05) is 41.0 Å². The molecule has 1 saturated carbocycles. The van der Waals surface area contributed by atoms with Crippen molar-refractivity contribution >= 4 is 38.8 Å². The molecule has 0 atom stereocenters. The van der Waals surface area contributed by atoms with Crippen LogP contribution in [-0.2, 0) is 0 Å². The Morgan fingerprint density at radius 2 is 2.11 bits per heavy atom. The number of likely N-dealkylation sites (N-methyl/N-ethyl adjacent to an activating group) is 1. The summed E-state index contributed by atoms with van der Waals surface area (Å²) < 4.78 is 0.951. The Morgan fingerprint density at radius 1 is 1.47 bits per heavy atom. The average molecular weight is 343 g/mol. The Kier molecular flexibility index (Phi) is 4.48. The van der Waals surface area contributed by atoms with Gasteiger partial charge in [-0.25, -0.2) is 0 Å². The van der Waals surface area contributed by atoms with Gasteiger partial charge in [-0.3, -0.25) is 0 Å². The maximum absolute atomic E-state index is 10.5. The van der Waals surface area contributed by atoms with Gasteiger partial charge < -0.3 is 15.7 Å². The van der Waals surface area contributed by atoms with Gasteiger partial charge in [0.05, 0.1) is 5.60 Å². The summed E-state index contributed by atoms with van der Waals surface area (Å²) in [5, 5.41) is 10.5. The predicted molar refractivity (Wildman–Crippen MR) is 86.7 cm³/mol. The predicted octanol–water partition coefficient (Wildman–Crippen LogP) is 2.82. The van der Waals surface area contributed by atoms with Gasteiger partial charge >= 0.3 is 0 Å². The van der Waals surface area contributed by atoms with E-state index in [0.29, 0.717) is 11.5 Å². The second-order valence-corrected chi connectivity index (χ2v) is 6.67. The van der Waals surface area contributed by atoms with Crippen LogP contribution in [0.15, 0.2) is 22.7 Å². The molecule has 5 heteroatoms. The molecule has 104 valence electrons. The molecule has 2 rings (SSSR count). The molecule has 0 spiro atoms. The maximum Gasteiger partial charge on any atom is 0.106 e. The fourth-order valence-electron chi connectivity index (χ4n) is 2.76. The molecule has 1 aliphatic carbocycles. The van der Waals surface area contributed by atoms with E-state index in [0.717, 1.165) is 41.4 Å². The molecule has 1 aromatic rings. The van der Waals surface area contributed by atoms with Gasteiger partial charge in [0.1, 0.15) is 4.99 Å². The summed E-state index contributed by atoms with van der Waals surface area (Å²) in [5.74, 6) is 0. The second-order valence-electron chi connectivity index (χ2n) is 5.31. The van der Waals surface area contributed by atoms with E-state index >= 15 is 0 Å². The minimum atomic E-state index is -0.574. The highest BCUT2D eigenvalue weighted by atomic mass is 79.9. The summed E-state index contributed by atoms with van der Waals surface area (Å²) in [5.41, 5.74) is 7.02. The maximum atomic E-state index is 10.5. The molecule has 1 fully saturated rings. The third kappa shape index (κ3) is 3.46. The van der Waals surface area contributed by atoms with Gasteiger partial charge in [-0.05, 0) is 31.0 Å². The number of hydrogen-bond acceptors (Lipinski definition) is 3. The fraction of sp³-hybridized carbons (Fsp3) is 0.500. The number of benzene rings is 1. The van der Waals surface area contributed by atoms with Crippen LogP contribution in [0.1, 0.15) is 31.2 Å². The lowest BCUT2D eigenvalue weighted by Gasteiger charge is -2.31. The SMILES string of the molecule is CN(CC1(O)CCCC1)c1ccc(Br)cc1C(N)=S. The van der Waals surface area contributed by atoms with E-state index in [9.17, 15) is 5.11 Å². The van der Waals surface area contributed by atoms with Crippen LogP contribution in [0, 0.1) is 0 Å². The molecule has 0 unspecified atom stereocenters. The number of nitrogens with two attached hydrogens (primary N) is 1. The lowest BCUT2D eigenvalue weighted by molar-refractivity contribution is 0.0559. The summed E-state index contributed by atoms with van der Waals surface area (Å²) >= 11 is 8.54. The Morgan fingerprint density at radius 3 is 2.68 bits per heavy atom. The van der Waals surface area contributed by atoms with Crippen molar-refractivity contribution in [3.63, 3.8) is 0 Å². The zero-order valence-electron chi connectivity index (χ0n) is 11.0. The average Bonchev–Trinajstić information content (AvgIpc) is 2.75. The minimum absolute atomic E-state index is 0.376. The van der Waals surface area contributed by atoms with Crippen LogP contribution in [0.25, 0.3) is 0 Å². The van der Waals surface area contributed by atoms with Crippen molar-refractivity contribution < 1.29 is 5.11 Å². The van der Waals surface area contributed by atoms with Gasteiger partial charge in [-0.2, -0.15) is 0 Å². The van der Waals surface area contributed by atoms with E-state index in [1.54, 1.807) is 0 Å². The zero-order valence-corrected chi connectivity index (χ0v) is 13.4. The molecule has 1 aromatic carbocycles. The summed E-state index contributed by atoms with van der Waals surface area (Å²) in [6.45, 7) is 0.615. The normalized spacial score (nSPS) is 17.4. The Bertz CT molecular complexity index is 486.